The predicted molar refractivity (Wildman–Crippen MR) is 65.6 cm³/mol. The summed E-state index contributed by atoms with van der Waals surface area (Å²) in [6.07, 6.45) is 1.52. The van der Waals surface area contributed by atoms with Crippen molar-refractivity contribution in [2.75, 3.05) is 5.73 Å². The van der Waals surface area contributed by atoms with Gasteiger partial charge in [0.2, 0.25) is 10.0 Å². The third-order valence-corrected chi connectivity index (χ3v) is 3.62. The standard InChI is InChI=1S/C11H16N2O2S/c1-4-9(3)13-16(14,15)11-6-8(2)5-10(12)7-11/h4-7,9,13H,1,12H2,2-3H3. The fourth-order valence-corrected chi connectivity index (χ4v) is 2.65. The quantitative estimate of drug-likeness (QED) is 0.617. The van der Waals surface area contributed by atoms with Gasteiger partial charge in [0.05, 0.1) is 4.90 Å². The molecule has 5 heteroatoms. The van der Waals surface area contributed by atoms with Gasteiger partial charge in [-0.3, -0.25) is 0 Å². The molecule has 0 saturated heterocycles. The number of rotatable bonds is 4. The molecule has 88 valence electrons. The van der Waals surface area contributed by atoms with Crippen molar-refractivity contribution < 1.29 is 8.42 Å². The van der Waals surface area contributed by atoms with Crippen molar-refractivity contribution in [2.24, 2.45) is 0 Å². The molecule has 0 radical (unpaired) electrons. The van der Waals surface area contributed by atoms with Crippen LogP contribution in [0.4, 0.5) is 5.69 Å². The van der Waals surface area contributed by atoms with Crippen LogP contribution in [0.15, 0.2) is 35.7 Å². The van der Waals surface area contributed by atoms with Gasteiger partial charge < -0.3 is 5.73 Å². The summed E-state index contributed by atoms with van der Waals surface area (Å²) in [5.74, 6) is 0. The molecule has 1 atom stereocenters. The molecule has 0 aliphatic carbocycles. The van der Waals surface area contributed by atoms with E-state index >= 15 is 0 Å². The lowest BCUT2D eigenvalue weighted by molar-refractivity contribution is 0.576. The summed E-state index contributed by atoms with van der Waals surface area (Å²) >= 11 is 0. The third-order valence-electron chi connectivity index (χ3n) is 2.08. The Bertz CT molecular complexity index is 474. The second kappa shape index (κ2) is 4.67. The summed E-state index contributed by atoms with van der Waals surface area (Å²) in [5.41, 5.74) is 6.86. The Morgan fingerprint density at radius 2 is 2.06 bits per heavy atom. The van der Waals surface area contributed by atoms with Crippen LogP contribution in [-0.2, 0) is 10.0 Å². The van der Waals surface area contributed by atoms with Gasteiger partial charge in [-0.05, 0) is 37.6 Å². The monoisotopic (exact) mass is 240 g/mol. The van der Waals surface area contributed by atoms with Crippen LogP contribution in [0.2, 0.25) is 0 Å². The highest BCUT2D eigenvalue weighted by Crippen LogP contribution is 2.16. The minimum atomic E-state index is -3.52. The Morgan fingerprint density at radius 1 is 1.44 bits per heavy atom. The molecule has 0 heterocycles. The predicted octanol–water partition coefficient (Wildman–Crippen LogP) is 1.43. The Morgan fingerprint density at radius 3 is 2.56 bits per heavy atom. The average molecular weight is 240 g/mol. The first-order valence-electron chi connectivity index (χ1n) is 4.87. The normalized spacial score (nSPS) is 13.4. The van der Waals surface area contributed by atoms with Crippen LogP contribution < -0.4 is 10.5 Å². The molecule has 0 fully saturated rings. The van der Waals surface area contributed by atoms with Crippen molar-refractivity contribution in [3.8, 4) is 0 Å². The Labute approximate surface area is 96.2 Å². The second-order valence-electron chi connectivity index (χ2n) is 3.73. The van der Waals surface area contributed by atoms with Crippen molar-refractivity contribution in [3.63, 3.8) is 0 Å². The lowest BCUT2D eigenvalue weighted by Gasteiger charge is -2.11. The van der Waals surface area contributed by atoms with Crippen LogP contribution in [0.1, 0.15) is 12.5 Å². The number of aryl methyl sites for hydroxylation is 1. The topological polar surface area (TPSA) is 72.2 Å². The number of hydrogen-bond acceptors (Lipinski definition) is 3. The second-order valence-corrected chi connectivity index (χ2v) is 5.44. The molecular formula is C11H16N2O2S. The fraction of sp³-hybridized carbons (Fsp3) is 0.273. The zero-order chi connectivity index (χ0) is 12.3. The Hall–Kier alpha value is -1.33. The molecule has 4 nitrogen and oxygen atoms in total. The summed E-state index contributed by atoms with van der Waals surface area (Å²) < 4.78 is 26.3. The minimum absolute atomic E-state index is 0.179. The molecule has 1 unspecified atom stereocenters. The van der Waals surface area contributed by atoms with Crippen LogP contribution in [0, 0.1) is 6.92 Å². The molecule has 3 N–H and O–H groups in total. The van der Waals surface area contributed by atoms with Gasteiger partial charge in [0.1, 0.15) is 0 Å². The van der Waals surface area contributed by atoms with Gasteiger partial charge in [0.25, 0.3) is 0 Å². The highest BCUT2D eigenvalue weighted by atomic mass is 32.2. The molecule has 0 aliphatic heterocycles. The number of nitrogens with two attached hydrogens (primary N) is 1. The first-order valence-corrected chi connectivity index (χ1v) is 6.35. The van der Waals surface area contributed by atoms with E-state index in [0.717, 1.165) is 5.56 Å². The molecule has 0 aromatic heterocycles. The third kappa shape index (κ3) is 3.08. The van der Waals surface area contributed by atoms with E-state index in [9.17, 15) is 8.42 Å². The van der Waals surface area contributed by atoms with Gasteiger partial charge in [0, 0.05) is 11.7 Å². The van der Waals surface area contributed by atoms with Crippen LogP contribution in [-0.4, -0.2) is 14.5 Å². The molecular weight excluding hydrogens is 224 g/mol. The van der Waals surface area contributed by atoms with Crippen LogP contribution in [0.3, 0.4) is 0 Å². The lowest BCUT2D eigenvalue weighted by Crippen LogP contribution is -2.31. The molecule has 1 rings (SSSR count). The van der Waals surface area contributed by atoms with E-state index < -0.39 is 10.0 Å². The van der Waals surface area contributed by atoms with E-state index in [1.54, 1.807) is 26.0 Å². The molecule has 0 amide bonds. The van der Waals surface area contributed by atoms with Crippen molar-refractivity contribution >= 4 is 15.7 Å². The maximum Gasteiger partial charge on any atom is 0.241 e. The van der Waals surface area contributed by atoms with E-state index in [-0.39, 0.29) is 10.9 Å². The van der Waals surface area contributed by atoms with Crippen molar-refractivity contribution in [3.05, 3.63) is 36.4 Å². The van der Waals surface area contributed by atoms with Crippen molar-refractivity contribution in [2.45, 2.75) is 24.8 Å². The molecule has 0 bridgehead atoms. The molecule has 0 aliphatic rings. The number of sulfonamides is 1. The van der Waals surface area contributed by atoms with Crippen molar-refractivity contribution in [1.29, 1.82) is 0 Å². The summed E-state index contributed by atoms with van der Waals surface area (Å²) in [7, 11) is -3.52. The average Bonchev–Trinajstić information content (AvgIpc) is 2.15. The van der Waals surface area contributed by atoms with Gasteiger partial charge in [-0.2, -0.15) is 0 Å². The maximum absolute atomic E-state index is 11.9. The van der Waals surface area contributed by atoms with Gasteiger partial charge in [-0.15, -0.1) is 6.58 Å². The lowest BCUT2D eigenvalue weighted by atomic mass is 10.2. The van der Waals surface area contributed by atoms with E-state index in [0.29, 0.717) is 5.69 Å². The van der Waals surface area contributed by atoms with E-state index in [2.05, 4.69) is 11.3 Å². The Balaban J connectivity index is 3.12. The summed E-state index contributed by atoms with van der Waals surface area (Å²) in [4.78, 5) is 0.179. The number of nitrogen functional groups attached to an aromatic ring is 1. The highest BCUT2D eigenvalue weighted by Gasteiger charge is 2.16. The van der Waals surface area contributed by atoms with E-state index in [1.165, 1.54) is 12.1 Å². The van der Waals surface area contributed by atoms with Gasteiger partial charge in [-0.25, -0.2) is 13.1 Å². The molecule has 16 heavy (non-hydrogen) atoms. The van der Waals surface area contributed by atoms with Gasteiger partial charge in [-0.1, -0.05) is 6.08 Å². The van der Waals surface area contributed by atoms with Gasteiger partial charge >= 0.3 is 0 Å². The number of benzene rings is 1. The zero-order valence-electron chi connectivity index (χ0n) is 9.40. The van der Waals surface area contributed by atoms with E-state index in [1.807, 2.05) is 0 Å². The number of nitrogens with one attached hydrogen (secondary N) is 1. The Kier molecular flexibility index (Phi) is 3.72. The number of hydrogen-bond donors (Lipinski definition) is 2. The summed E-state index contributed by atoms with van der Waals surface area (Å²) in [5, 5.41) is 0. The largest absolute Gasteiger partial charge is 0.399 e. The zero-order valence-corrected chi connectivity index (χ0v) is 10.2. The van der Waals surface area contributed by atoms with Gasteiger partial charge in [0.15, 0.2) is 0 Å². The smallest absolute Gasteiger partial charge is 0.241 e. The first-order chi connectivity index (χ1) is 7.35. The highest BCUT2D eigenvalue weighted by molar-refractivity contribution is 7.89. The van der Waals surface area contributed by atoms with E-state index in [4.69, 9.17) is 5.73 Å². The molecule has 0 spiro atoms. The summed E-state index contributed by atoms with van der Waals surface area (Å²) in [6.45, 7) is 7.03. The SMILES string of the molecule is C=CC(C)NS(=O)(=O)c1cc(C)cc(N)c1. The maximum atomic E-state index is 11.9. The number of anilines is 1. The molecule has 1 aromatic carbocycles. The van der Waals surface area contributed by atoms with Crippen LogP contribution in [0.25, 0.3) is 0 Å². The molecule has 1 aromatic rings. The first kappa shape index (κ1) is 12.7. The summed E-state index contributed by atoms with van der Waals surface area (Å²) in [6, 6.07) is 4.42. The van der Waals surface area contributed by atoms with Crippen molar-refractivity contribution in [1.82, 2.24) is 4.72 Å². The molecule has 0 saturated carbocycles. The minimum Gasteiger partial charge on any atom is -0.399 e. The fourth-order valence-electron chi connectivity index (χ4n) is 1.29. The van der Waals surface area contributed by atoms with Crippen LogP contribution in [0.5, 0.6) is 0 Å². The van der Waals surface area contributed by atoms with Crippen LogP contribution >= 0.6 is 0 Å².